The highest BCUT2D eigenvalue weighted by molar-refractivity contribution is 5.87. The number of carbonyl (C=O) groups is 4. The SMILES string of the molecule is CCCCCCCC/C=C\CCCCCCCC(=O)OC(CCCCCCCCCCCC)CCCCCCCC(=O)NCC(=O)NC(CO)C(=O)O. The van der Waals surface area contributed by atoms with Gasteiger partial charge in [0, 0.05) is 12.8 Å². The van der Waals surface area contributed by atoms with E-state index in [1.807, 2.05) is 0 Å². The van der Waals surface area contributed by atoms with Crippen LogP contribution in [0.1, 0.15) is 219 Å². The van der Waals surface area contributed by atoms with E-state index in [9.17, 15) is 19.2 Å². The number of nitrogens with one attached hydrogen (secondary N) is 2. The van der Waals surface area contributed by atoms with E-state index in [2.05, 4.69) is 36.6 Å². The molecular formula is C44H82N2O7. The summed E-state index contributed by atoms with van der Waals surface area (Å²) in [5.41, 5.74) is 0. The summed E-state index contributed by atoms with van der Waals surface area (Å²) in [5.74, 6) is -2.29. The number of hydrogen-bond acceptors (Lipinski definition) is 6. The van der Waals surface area contributed by atoms with Crippen LogP contribution in [0.3, 0.4) is 0 Å². The lowest BCUT2D eigenvalue weighted by Crippen LogP contribution is -2.47. The maximum absolute atomic E-state index is 12.8. The summed E-state index contributed by atoms with van der Waals surface area (Å²) >= 11 is 0. The van der Waals surface area contributed by atoms with Crippen molar-refractivity contribution in [2.24, 2.45) is 0 Å². The Hall–Kier alpha value is -2.42. The molecule has 0 radical (unpaired) electrons. The molecule has 0 aliphatic rings. The molecule has 0 rings (SSSR count). The minimum atomic E-state index is -1.38. The van der Waals surface area contributed by atoms with Gasteiger partial charge in [-0.15, -0.1) is 0 Å². The maximum atomic E-state index is 12.8. The highest BCUT2D eigenvalue weighted by atomic mass is 16.5. The zero-order chi connectivity index (χ0) is 39.0. The van der Waals surface area contributed by atoms with Crippen molar-refractivity contribution < 1.29 is 34.1 Å². The molecule has 0 aliphatic carbocycles. The fourth-order valence-corrected chi connectivity index (χ4v) is 6.59. The van der Waals surface area contributed by atoms with Gasteiger partial charge in [0.1, 0.15) is 12.1 Å². The van der Waals surface area contributed by atoms with Crippen molar-refractivity contribution in [3.63, 3.8) is 0 Å². The first-order valence-electron chi connectivity index (χ1n) is 22.1. The topological polar surface area (TPSA) is 142 Å². The zero-order valence-electron chi connectivity index (χ0n) is 34.3. The molecule has 9 nitrogen and oxygen atoms in total. The van der Waals surface area contributed by atoms with E-state index in [4.69, 9.17) is 14.9 Å². The van der Waals surface area contributed by atoms with Gasteiger partial charge in [0.25, 0.3) is 0 Å². The van der Waals surface area contributed by atoms with Crippen LogP contribution in [0.4, 0.5) is 0 Å². The second-order valence-electron chi connectivity index (χ2n) is 15.1. The number of allylic oxidation sites excluding steroid dienone is 2. The Labute approximate surface area is 324 Å². The molecule has 310 valence electrons. The first-order valence-corrected chi connectivity index (χ1v) is 22.1. The normalized spacial score (nSPS) is 12.5. The fraction of sp³-hybridized carbons (Fsp3) is 0.864. The largest absolute Gasteiger partial charge is 0.480 e. The molecule has 53 heavy (non-hydrogen) atoms. The van der Waals surface area contributed by atoms with Crippen molar-refractivity contribution in [3.8, 4) is 0 Å². The third-order valence-corrected chi connectivity index (χ3v) is 10.0. The summed E-state index contributed by atoms with van der Waals surface area (Å²) in [7, 11) is 0. The van der Waals surface area contributed by atoms with Gasteiger partial charge in [-0.3, -0.25) is 14.4 Å². The first kappa shape index (κ1) is 50.6. The van der Waals surface area contributed by atoms with Crippen LogP contribution in [-0.4, -0.2) is 59.3 Å². The Morgan fingerprint density at radius 2 is 0.962 bits per heavy atom. The highest BCUT2D eigenvalue weighted by Gasteiger charge is 2.19. The predicted molar refractivity (Wildman–Crippen MR) is 218 cm³/mol. The molecule has 2 unspecified atom stereocenters. The summed E-state index contributed by atoms with van der Waals surface area (Å²) in [5, 5.41) is 22.5. The van der Waals surface area contributed by atoms with Crippen LogP contribution in [0.25, 0.3) is 0 Å². The Balaban J connectivity index is 4.26. The molecule has 0 saturated heterocycles. The molecule has 0 aromatic rings. The molecular weight excluding hydrogens is 668 g/mol. The number of aliphatic hydroxyl groups is 1. The number of rotatable bonds is 40. The fourth-order valence-electron chi connectivity index (χ4n) is 6.59. The molecule has 0 spiro atoms. The number of aliphatic hydroxyl groups excluding tert-OH is 1. The highest BCUT2D eigenvalue weighted by Crippen LogP contribution is 2.19. The van der Waals surface area contributed by atoms with E-state index in [0.29, 0.717) is 19.3 Å². The van der Waals surface area contributed by atoms with Crippen LogP contribution >= 0.6 is 0 Å². The van der Waals surface area contributed by atoms with E-state index in [1.54, 1.807) is 0 Å². The van der Waals surface area contributed by atoms with E-state index < -0.39 is 24.5 Å². The van der Waals surface area contributed by atoms with Crippen molar-refractivity contribution in [2.75, 3.05) is 13.2 Å². The number of carbonyl (C=O) groups excluding carboxylic acids is 3. The lowest BCUT2D eigenvalue weighted by atomic mass is 10.0. The number of carboxylic acid groups (broad SMARTS) is 1. The number of unbranched alkanes of at least 4 members (excludes halogenated alkanes) is 24. The van der Waals surface area contributed by atoms with Gasteiger partial charge in [0.15, 0.2) is 0 Å². The molecule has 0 aliphatic heterocycles. The third-order valence-electron chi connectivity index (χ3n) is 10.0. The number of esters is 1. The average Bonchev–Trinajstić information content (AvgIpc) is 3.14. The van der Waals surface area contributed by atoms with Gasteiger partial charge in [-0.2, -0.15) is 0 Å². The number of hydrogen-bond donors (Lipinski definition) is 4. The van der Waals surface area contributed by atoms with Crippen molar-refractivity contribution in [1.29, 1.82) is 0 Å². The second-order valence-corrected chi connectivity index (χ2v) is 15.1. The molecule has 0 heterocycles. The molecule has 4 N–H and O–H groups in total. The standard InChI is InChI=1S/C44H82N2O7/c1-3-5-7-9-11-13-15-16-17-18-19-21-23-28-32-36-43(50)53-39(33-29-25-22-20-14-12-10-8-6-4-2)34-30-26-24-27-31-35-41(48)45-37-42(49)46-40(38-47)44(51)52/h16-17,39-40,47H,3-15,18-38H2,1-2H3,(H,45,48)(H,46,49)(H,51,52)/b17-16-. The van der Waals surface area contributed by atoms with Crippen molar-refractivity contribution in [3.05, 3.63) is 12.2 Å². The van der Waals surface area contributed by atoms with E-state index in [1.165, 1.54) is 128 Å². The lowest BCUT2D eigenvalue weighted by Gasteiger charge is -2.18. The molecule has 2 atom stereocenters. The number of amides is 2. The average molecular weight is 751 g/mol. The molecule has 2 amide bonds. The molecule has 0 bridgehead atoms. The van der Waals surface area contributed by atoms with Crippen LogP contribution in [-0.2, 0) is 23.9 Å². The van der Waals surface area contributed by atoms with Gasteiger partial charge >= 0.3 is 11.9 Å². The summed E-state index contributed by atoms with van der Waals surface area (Å²) < 4.78 is 6.02. The minimum absolute atomic E-state index is 0.0110. The van der Waals surface area contributed by atoms with Gasteiger partial charge in [0.05, 0.1) is 13.2 Å². The van der Waals surface area contributed by atoms with Gasteiger partial charge in [-0.25, -0.2) is 4.79 Å². The summed E-state index contributed by atoms with van der Waals surface area (Å²) in [6.07, 6.45) is 40.9. The van der Waals surface area contributed by atoms with Crippen molar-refractivity contribution >= 4 is 23.8 Å². The van der Waals surface area contributed by atoms with E-state index >= 15 is 0 Å². The van der Waals surface area contributed by atoms with Gasteiger partial charge < -0.3 is 25.6 Å². The van der Waals surface area contributed by atoms with Crippen LogP contribution in [0.5, 0.6) is 0 Å². The number of carboxylic acids is 1. The Bertz CT molecular complexity index is 910. The molecule has 0 fully saturated rings. The van der Waals surface area contributed by atoms with Gasteiger partial charge in [-0.1, -0.05) is 154 Å². The summed E-state index contributed by atoms with van der Waals surface area (Å²) in [4.78, 5) is 47.5. The minimum Gasteiger partial charge on any atom is -0.480 e. The monoisotopic (exact) mass is 751 g/mol. The van der Waals surface area contributed by atoms with Crippen LogP contribution < -0.4 is 10.6 Å². The van der Waals surface area contributed by atoms with E-state index in [-0.39, 0.29) is 24.5 Å². The Kier molecular flexibility index (Phi) is 37.5. The van der Waals surface area contributed by atoms with Crippen LogP contribution in [0, 0.1) is 0 Å². The van der Waals surface area contributed by atoms with Crippen LogP contribution in [0.2, 0.25) is 0 Å². The number of ether oxygens (including phenoxy) is 1. The summed E-state index contributed by atoms with van der Waals surface area (Å²) in [6, 6.07) is -1.38. The predicted octanol–water partition coefficient (Wildman–Crippen LogP) is 10.7. The maximum Gasteiger partial charge on any atom is 0.328 e. The van der Waals surface area contributed by atoms with Crippen molar-refractivity contribution in [1.82, 2.24) is 10.6 Å². The van der Waals surface area contributed by atoms with Crippen molar-refractivity contribution in [2.45, 2.75) is 231 Å². The van der Waals surface area contributed by atoms with Gasteiger partial charge in [-0.05, 0) is 64.2 Å². The molecule has 0 aromatic carbocycles. The third kappa shape index (κ3) is 36.3. The molecule has 0 saturated carbocycles. The number of aliphatic carboxylic acids is 1. The quantitative estimate of drug-likeness (QED) is 0.0277. The lowest BCUT2D eigenvalue weighted by molar-refractivity contribution is -0.150. The van der Waals surface area contributed by atoms with Crippen LogP contribution in [0.15, 0.2) is 12.2 Å². The molecule has 0 aromatic heterocycles. The smallest absolute Gasteiger partial charge is 0.328 e. The second kappa shape index (κ2) is 39.3. The van der Waals surface area contributed by atoms with Gasteiger partial charge in [0.2, 0.25) is 11.8 Å². The zero-order valence-corrected chi connectivity index (χ0v) is 34.3. The Morgan fingerprint density at radius 3 is 1.42 bits per heavy atom. The van der Waals surface area contributed by atoms with E-state index in [0.717, 1.165) is 57.8 Å². The molecule has 9 heteroatoms. The Morgan fingerprint density at radius 1 is 0.547 bits per heavy atom. The first-order chi connectivity index (χ1) is 25.8. The summed E-state index contributed by atoms with van der Waals surface area (Å²) in [6.45, 7) is 3.48.